The Kier molecular flexibility index (Phi) is 3.95. The number of aryl methyl sites for hydroxylation is 1. The van der Waals surface area contributed by atoms with Crippen LogP contribution in [0.1, 0.15) is 23.6 Å². The molecule has 1 aliphatic carbocycles. The van der Waals surface area contributed by atoms with Gasteiger partial charge in [0.25, 0.3) is 0 Å². The Morgan fingerprint density at radius 1 is 0.964 bits per heavy atom. The van der Waals surface area contributed by atoms with E-state index in [2.05, 4.69) is 39.1 Å². The number of anilines is 1. The molecule has 0 fully saturated rings. The Morgan fingerprint density at radius 3 is 2.46 bits per heavy atom. The number of ether oxygens (including phenoxy) is 2. The van der Waals surface area contributed by atoms with Crippen LogP contribution in [-0.2, 0) is 6.42 Å². The molecule has 0 saturated heterocycles. The fourth-order valence-corrected chi connectivity index (χ4v) is 4.11. The largest absolute Gasteiger partial charge is 0.586 e. The maximum absolute atomic E-state index is 13.3. The highest BCUT2D eigenvalue weighted by Crippen LogP contribution is 2.46. The normalized spacial score (nSPS) is 18.8. The van der Waals surface area contributed by atoms with Crippen LogP contribution in [0, 0.1) is 0 Å². The molecule has 1 unspecified atom stereocenters. The van der Waals surface area contributed by atoms with Crippen LogP contribution in [0.4, 0.5) is 14.5 Å². The lowest BCUT2D eigenvalue weighted by Gasteiger charge is -2.16. The molecule has 1 heterocycles. The molecule has 3 aromatic carbocycles. The lowest BCUT2D eigenvalue weighted by Crippen LogP contribution is -2.25. The molecule has 2 aliphatic rings. The highest BCUT2D eigenvalue weighted by Gasteiger charge is 2.43. The molecule has 0 bridgehead atoms. The van der Waals surface area contributed by atoms with Gasteiger partial charge in [-0.1, -0.05) is 48.0 Å². The van der Waals surface area contributed by atoms with Crippen LogP contribution in [0.15, 0.2) is 60.7 Å². The number of nitrogens with one attached hydrogen (secondary N) is 1. The second-order valence-electron chi connectivity index (χ2n) is 6.96. The van der Waals surface area contributed by atoms with E-state index in [0.717, 1.165) is 24.1 Å². The first-order valence-corrected chi connectivity index (χ1v) is 9.40. The highest BCUT2D eigenvalue weighted by atomic mass is 35.5. The maximum Gasteiger partial charge on any atom is 0.586 e. The molecule has 1 aliphatic heterocycles. The van der Waals surface area contributed by atoms with Gasteiger partial charge in [0.05, 0.1) is 11.1 Å². The van der Waals surface area contributed by atoms with Gasteiger partial charge in [-0.25, -0.2) is 0 Å². The highest BCUT2D eigenvalue weighted by molar-refractivity contribution is 6.33. The first kappa shape index (κ1) is 17.3. The fourth-order valence-electron chi connectivity index (χ4n) is 3.85. The molecule has 5 rings (SSSR count). The molecule has 28 heavy (non-hydrogen) atoms. The van der Waals surface area contributed by atoms with Crippen molar-refractivity contribution < 1.29 is 18.3 Å². The summed E-state index contributed by atoms with van der Waals surface area (Å²) in [6.45, 7) is 0. The van der Waals surface area contributed by atoms with E-state index in [1.165, 1.54) is 23.3 Å². The minimum absolute atomic E-state index is 0.0193. The van der Waals surface area contributed by atoms with Gasteiger partial charge in [0, 0.05) is 17.3 Å². The van der Waals surface area contributed by atoms with Crippen molar-refractivity contribution in [3.8, 4) is 22.6 Å². The quantitative estimate of drug-likeness (QED) is 0.550. The van der Waals surface area contributed by atoms with E-state index in [1.54, 1.807) is 0 Å². The zero-order valence-corrected chi connectivity index (χ0v) is 15.5. The lowest BCUT2D eigenvalue weighted by molar-refractivity contribution is -0.286. The second-order valence-corrected chi connectivity index (χ2v) is 7.37. The maximum atomic E-state index is 13.3. The first-order valence-electron chi connectivity index (χ1n) is 9.03. The zero-order chi connectivity index (χ0) is 19.3. The number of rotatable bonds is 3. The van der Waals surface area contributed by atoms with E-state index in [0.29, 0.717) is 16.6 Å². The lowest BCUT2D eigenvalue weighted by atomic mass is 10.0. The molecule has 1 atom stereocenters. The minimum atomic E-state index is -3.66. The van der Waals surface area contributed by atoms with Crippen LogP contribution >= 0.6 is 11.6 Å². The topological polar surface area (TPSA) is 30.5 Å². The van der Waals surface area contributed by atoms with Gasteiger partial charge in [-0.3, -0.25) is 0 Å². The number of hydrogen-bond acceptors (Lipinski definition) is 3. The van der Waals surface area contributed by atoms with E-state index in [1.807, 2.05) is 24.3 Å². The van der Waals surface area contributed by atoms with Crippen molar-refractivity contribution in [3.05, 3.63) is 76.8 Å². The second kappa shape index (κ2) is 6.38. The molecule has 6 heteroatoms. The first-order chi connectivity index (χ1) is 13.5. The molecule has 1 N–H and O–H groups in total. The number of benzene rings is 3. The minimum Gasteiger partial charge on any atom is -0.395 e. The summed E-state index contributed by atoms with van der Waals surface area (Å²) in [4.78, 5) is 0. The van der Waals surface area contributed by atoms with Gasteiger partial charge in [-0.2, -0.15) is 0 Å². The molecule has 0 amide bonds. The Morgan fingerprint density at radius 2 is 1.68 bits per heavy atom. The van der Waals surface area contributed by atoms with Crippen molar-refractivity contribution in [2.45, 2.75) is 25.2 Å². The van der Waals surface area contributed by atoms with E-state index in [4.69, 9.17) is 11.6 Å². The van der Waals surface area contributed by atoms with Crippen molar-refractivity contribution in [1.82, 2.24) is 0 Å². The van der Waals surface area contributed by atoms with Crippen LogP contribution in [0.5, 0.6) is 11.5 Å². The van der Waals surface area contributed by atoms with E-state index in [9.17, 15) is 8.78 Å². The summed E-state index contributed by atoms with van der Waals surface area (Å²) >= 11 is 6.27. The zero-order valence-electron chi connectivity index (χ0n) is 14.7. The van der Waals surface area contributed by atoms with Crippen molar-refractivity contribution >= 4 is 17.3 Å². The summed E-state index contributed by atoms with van der Waals surface area (Å²) in [5, 5.41) is 3.89. The Labute approximate surface area is 165 Å². The van der Waals surface area contributed by atoms with Crippen LogP contribution < -0.4 is 14.8 Å². The molecule has 3 aromatic rings. The molecule has 0 radical (unpaired) electrons. The summed E-state index contributed by atoms with van der Waals surface area (Å²) < 4.78 is 35.5. The molecule has 0 spiro atoms. The van der Waals surface area contributed by atoms with Gasteiger partial charge in [-0.15, -0.1) is 8.78 Å². The number of alkyl halides is 2. The van der Waals surface area contributed by atoms with E-state index >= 15 is 0 Å². The molecule has 3 nitrogen and oxygen atoms in total. The smallest absolute Gasteiger partial charge is 0.395 e. The molecule has 142 valence electrons. The average molecular weight is 400 g/mol. The Bertz CT molecular complexity index is 1050. The van der Waals surface area contributed by atoms with Gasteiger partial charge in [0.2, 0.25) is 0 Å². The summed E-state index contributed by atoms with van der Waals surface area (Å²) in [6.07, 6.45) is -1.53. The Balaban J connectivity index is 1.38. The van der Waals surface area contributed by atoms with Crippen LogP contribution in [0.25, 0.3) is 11.1 Å². The monoisotopic (exact) mass is 399 g/mol. The van der Waals surface area contributed by atoms with Crippen molar-refractivity contribution in [2.75, 3.05) is 5.32 Å². The SMILES string of the molecule is FC1(F)Oc2cc(Cl)c(-c3ccc(NC4CCc5ccccc54)cc3)cc2O1. The molecular formula is C22H16ClF2NO2. The third kappa shape index (κ3) is 3.06. The predicted octanol–water partition coefficient (Wildman–Crippen LogP) is 6.43. The summed E-state index contributed by atoms with van der Waals surface area (Å²) in [5.74, 6) is -0.0777. The van der Waals surface area contributed by atoms with Crippen molar-refractivity contribution in [2.24, 2.45) is 0 Å². The van der Waals surface area contributed by atoms with Crippen LogP contribution in [-0.4, -0.2) is 6.29 Å². The summed E-state index contributed by atoms with van der Waals surface area (Å²) in [6, 6.07) is 19.3. The Hall–Kier alpha value is -2.79. The van der Waals surface area contributed by atoms with Crippen molar-refractivity contribution in [3.63, 3.8) is 0 Å². The van der Waals surface area contributed by atoms with Crippen LogP contribution in [0.2, 0.25) is 5.02 Å². The van der Waals surface area contributed by atoms with Gasteiger partial charge in [0.15, 0.2) is 11.5 Å². The van der Waals surface area contributed by atoms with Crippen LogP contribution in [0.3, 0.4) is 0 Å². The van der Waals surface area contributed by atoms with Gasteiger partial charge < -0.3 is 14.8 Å². The third-order valence-electron chi connectivity index (χ3n) is 5.16. The third-order valence-corrected chi connectivity index (χ3v) is 5.47. The summed E-state index contributed by atoms with van der Waals surface area (Å²) in [7, 11) is 0. The number of halogens is 3. The number of hydrogen-bond donors (Lipinski definition) is 1. The standard InChI is InChI=1S/C22H16ClF2NO2/c23-18-12-21-20(27-22(24,25)28-21)11-17(18)14-5-8-15(9-6-14)26-19-10-7-13-3-1-2-4-16(13)19/h1-6,8-9,11-12,19,26H,7,10H2. The van der Waals surface area contributed by atoms with E-state index < -0.39 is 6.29 Å². The average Bonchev–Trinajstić information content (AvgIpc) is 3.21. The molecular weight excluding hydrogens is 384 g/mol. The molecule has 0 saturated carbocycles. The fraction of sp³-hybridized carbons (Fsp3) is 0.182. The van der Waals surface area contributed by atoms with Gasteiger partial charge >= 0.3 is 6.29 Å². The van der Waals surface area contributed by atoms with Gasteiger partial charge in [0.1, 0.15) is 0 Å². The van der Waals surface area contributed by atoms with E-state index in [-0.39, 0.29) is 11.5 Å². The predicted molar refractivity (Wildman–Crippen MR) is 104 cm³/mol. The van der Waals surface area contributed by atoms with Crippen molar-refractivity contribution in [1.29, 1.82) is 0 Å². The number of fused-ring (bicyclic) bond motifs is 2. The van der Waals surface area contributed by atoms with Gasteiger partial charge in [-0.05, 0) is 47.7 Å². The molecule has 0 aromatic heterocycles. The summed E-state index contributed by atoms with van der Waals surface area (Å²) in [5.41, 5.74) is 5.14.